The average molecular weight is 415 g/mol. The number of nitrogens with one attached hydrogen (secondary N) is 1. The summed E-state index contributed by atoms with van der Waals surface area (Å²) in [5, 5.41) is 14.1. The second kappa shape index (κ2) is 8.59. The number of benzene rings is 1. The first-order chi connectivity index (χ1) is 14.5. The summed E-state index contributed by atoms with van der Waals surface area (Å²) in [5.74, 6) is -0.163. The molecule has 0 unspecified atom stereocenters. The van der Waals surface area contributed by atoms with E-state index in [-0.39, 0.29) is 29.5 Å². The molecule has 0 spiro atoms. The van der Waals surface area contributed by atoms with Gasteiger partial charge in [-0.2, -0.15) is 0 Å². The first-order valence-electron chi connectivity index (χ1n) is 10.8. The molecular formula is C21H29N5O4. The van der Waals surface area contributed by atoms with Crippen LogP contribution in [-0.4, -0.2) is 78.4 Å². The zero-order valence-electron chi connectivity index (χ0n) is 17.4. The van der Waals surface area contributed by atoms with Gasteiger partial charge in [-0.3, -0.25) is 24.6 Å². The molecule has 3 heterocycles. The highest BCUT2D eigenvalue weighted by Crippen LogP contribution is 2.37. The van der Waals surface area contributed by atoms with Crippen molar-refractivity contribution in [2.45, 2.75) is 32.2 Å². The predicted molar refractivity (Wildman–Crippen MR) is 112 cm³/mol. The van der Waals surface area contributed by atoms with Crippen LogP contribution in [0.3, 0.4) is 0 Å². The van der Waals surface area contributed by atoms with Crippen molar-refractivity contribution in [2.75, 3.05) is 50.7 Å². The molecule has 0 radical (unpaired) electrons. The molecule has 0 aliphatic carbocycles. The fourth-order valence-electron chi connectivity index (χ4n) is 4.99. The van der Waals surface area contributed by atoms with E-state index < -0.39 is 4.92 Å². The van der Waals surface area contributed by atoms with Gasteiger partial charge in [-0.15, -0.1) is 0 Å². The van der Waals surface area contributed by atoms with Gasteiger partial charge in [0.05, 0.1) is 23.4 Å². The van der Waals surface area contributed by atoms with Crippen LogP contribution in [0.1, 0.15) is 25.3 Å². The molecule has 9 heteroatoms. The average Bonchev–Trinajstić information content (AvgIpc) is 3.28. The van der Waals surface area contributed by atoms with E-state index in [1.54, 1.807) is 12.1 Å². The SMILES string of the molecule is CCNC(=O)[C@@H]1Cc2cc([N+](=O)[O-])ccc2N2CCN(CC(=O)N3CCCC3)C[C@@H]12. The van der Waals surface area contributed by atoms with Gasteiger partial charge in [0.15, 0.2) is 0 Å². The third-order valence-corrected chi connectivity index (χ3v) is 6.50. The quantitative estimate of drug-likeness (QED) is 0.569. The molecule has 9 nitrogen and oxygen atoms in total. The number of non-ortho nitro benzene ring substituents is 1. The van der Waals surface area contributed by atoms with Crippen LogP contribution < -0.4 is 10.2 Å². The van der Waals surface area contributed by atoms with Crippen LogP contribution in [0.2, 0.25) is 0 Å². The standard InChI is InChI=1S/C21H29N5O4/c1-2-22-21(28)17-12-15-11-16(26(29)30)5-6-18(15)25-10-9-23(13-19(17)25)14-20(27)24-7-3-4-8-24/h5-6,11,17,19H,2-4,7-10,12-14H2,1H3,(H,22,28)/t17-,19+/m1/s1. The highest BCUT2D eigenvalue weighted by molar-refractivity contribution is 5.82. The molecule has 3 aliphatic rings. The van der Waals surface area contributed by atoms with Crippen molar-refractivity contribution in [3.05, 3.63) is 33.9 Å². The van der Waals surface area contributed by atoms with E-state index in [0.717, 1.165) is 43.7 Å². The monoisotopic (exact) mass is 415 g/mol. The number of piperazine rings is 1. The molecule has 1 aromatic carbocycles. The van der Waals surface area contributed by atoms with Crippen molar-refractivity contribution in [3.8, 4) is 0 Å². The number of hydrogen-bond donors (Lipinski definition) is 1. The normalized spacial score (nSPS) is 23.6. The van der Waals surface area contributed by atoms with Crippen LogP contribution >= 0.6 is 0 Å². The predicted octanol–water partition coefficient (Wildman–Crippen LogP) is 1.02. The number of nitro groups is 1. The van der Waals surface area contributed by atoms with E-state index in [9.17, 15) is 19.7 Å². The maximum atomic E-state index is 12.9. The lowest BCUT2D eigenvalue weighted by Gasteiger charge is -2.49. The number of nitro benzene ring substituents is 1. The molecule has 2 saturated heterocycles. The highest BCUT2D eigenvalue weighted by Gasteiger charge is 2.42. The van der Waals surface area contributed by atoms with Crippen LogP contribution in [0.5, 0.6) is 0 Å². The third-order valence-electron chi connectivity index (χ3n) is 6.50. The van der Waals surface area contributed by atoms with Crippen molar-refractivity contribution in [3.63, 3.8) is 0 Å². The number of hydrogen-bond acceptors (Lipinski definition) is 6. The molecule has 2 atom stereocenters. The fourth-order valence-corrected chi connectivity index (χ4v) is 4.99. The highest BCUT2D eigenvalue weighted by atomic mass is 16.6. The Balaban J connectivity index is 1.56. The molecule has 3 aliphatic heterocycles. The Hall–Kier alpha value is -2.68. The molecule has 0 aromatic heterocycles. The maximum Gasteiger partial charge on any atom is 0.269 e. The minimum atomic E-state index is -0.393. The van der Waals surface area contributed by atoms with Gasteiger partial charge in [0.1, 0.15) is 0 Å². The number of nitrogens with zero attached hydrogens (tertiary/aromatic N) is 4. The van der Waals surface area contributed by atoms with Crippen molar-refractivity contribution in [1.29, 1.82) is 0 Å². The summed E-state index contributed by atoms with van der Waals surface area (Å²) in [6, 6.07) is 4.89. The molecule has 2 fully saturated rings. The van der Waals surface area contributed by atoms with Crippen LogP contribution in [0, 0.1) is 16.0 Å². The summed E-state index contributed by atoms with van der Waals surface area (Å²) in [4.78, 5) is 42.6. The number of likely N-dealkylation sites (tertiary alicyclic amines) is 1. The van der Waals surface area contributed by atoms with Crippen LogP contribution in [-0.2, 0) is 16.0 Å². The lowest BCUT2D eigenvalue weighted by molar-refractivity contribution is -0.384. The van der Waals surface area contributed by atoms with E-state index in [1.807, 2.05) is 11.8 Å². The molecule has 0 saturated carbocycles. The van der Waals surface area contributed by atoms with Gasteiger partial charge in [-0.05, 0) is 37.8 Å². The van der Waals surface area contributed by atoms with Crippen LogP contribution in [0.15, 0.2) is 18.2 Å². The Bertz CT molecular complexity index is 839. The summed E-state index contributed by atoms with van der Waals surface area (Å²) >= 11 is 0. The van der Waals surface area contributed by atoms with Crippen LogP contribution in [0.25, 0.3) is 0 Å². The second-order valence-corrected chi connectivity index (χ2v) is 8.36. The Morgan fingerprint density at radius 2 is 1.97 bits per heavy atom. The van der Waals surface area contributed by atoms with E-state index in [2.05, 4.69) is 15.1 Å². The summed E-state index contributed by atoms with van der Waals surface area (Å²) in [6.45, 7) is 6.57. The number of fused-ring (bicyclic) bond motifs is 3. The Labute approximate surface area is 176 Å². The molecule has 30 heavy (non-hydrogen) atoms. The van der Waals surface area contributed by atoms with Gasteiger partial charge in [0.2, 0.25) is 11.8 Å². The summed E-state index contributed by atoms with van der Waals surface area (Å²) < 4.78 is 0. The topological polar surface area (TPSA) is 99.0 Å². The molecular weight excluding hydrogens is 386 g/mol. The van der Waals surface area contributed by atoms with Gasteiger partial charge in [0, 0.05) is 57.1 Å². The minimum Gasteiger partial charge on any atom is -0.365 e. The van der Waals surface area contributed by atoms with Crippen molar-refractivity contribution >= 4 is 23.2 Å². The molecule has 0 bridgehead atoms. The van der Waals surface area contributed by atoms with E-state index in [4.69, 9.17) is 0 Å². The lowest BCUT2D eigenvalue weighted by Crippen LogP contribution is -2.62. The third kappa shape index (κ3) is 3.98. The molecule has 1 N–H and O–H groups in total. The zero-order chi connectivity index (χ0) is 21.3. The Morgan fingerprint density at radius 1 is 1.20 bits per heavy atom. The number of amides is 2. The van der Waals surface area contributed by atoms with Gasteiger partial charge in [-0.25, -0.2) is 0 Å². The Kier molecular flexibility index (Phi) is 5.90. The van der Waals surface area contributed by atoms with Crippen molar-refractivity contribution in [2.24, 2.45) is 5.92 Å². The largest absolute Gasteiger partial charge is 0.365 e. The second-order valence-electron chi connectivity index (χ2n) is 8.36. The number of anilines is 1. The van der Waals surface area contributed by atoms with Crippen molar-refractivity contribution in [1.82, 2.24) is 15.1 Å². The number of carbonyl (C=O) groups is 2. The summed E-state index contributed by atoms with van der Waals surface area (Å²) in [5.41, 5.74) is 1.87. The Morgan fingerprint density at radius 3 is 2.67 bits per heavy atom. The smallest absolute Gasteiger partial charge is 0.269 e. The molecule has 162 valence electrons. The minimum absolute atomic E-state index is 0.0302. The number of carbonyl (C=O) groups excluding carboxylic acids is 2. The van der Waals surface area contributed by atoms with Gasteiger partial charge in [0.25, 0.3) is 5.69 Å². The fraction of sp³-hybridized carbons (Fsp3) is 0.619. The first-order valence-corrected chi connectivity index (χ1v) is 10.8. The van der Waals surface area contributed by atoms with Gasteiger partial charge in [-0.1, -0.05) is 0 Å². The molecule has 4 rings (SSSR count). The summed E-state index contributed by atoms with van der Waals surface area (Å²) in [7, 11) is 0. The summed E-state index contributed by atoms with van der Waals surface area (Å²) in [6.07, 6.45) is 2.62. The van der Waals surface area contributed by atoms with E-state index >= 15 is 0 Å². The van der Waals surface area contributed by atoms with E-state index in [0.29, 0.717) is 32.6 Å². The maximum absolute atomic E-state index is 12.9. The zero-order valence-corrected chi connectivity index (χ0v) is 17.4. The van der Waals surface area contributed by atoms with Crippen LogP contribution in [0.4, 0.5) is 11.4 Å². The number of rotatable bonds is 5. The van der Waals surface area contributed by atoms with E-state index in [1.165, 1.54) is 6.07 Å². The van der Waals surface area contributed by atoms with Gasteiger partial charge >= 0.3 is 0 Å². The lowest BCUT2D eigenvalue weighted by atomic mass is 9.83. The molecule has 1 aromatic rings. The molecule has 2 amide bonds. The first kappa shape index (κ1) is 20.6. The van der Waals surface area contributed by atoms with Gasteiger partial charge < -0.3 is 15.1 Å². The van der Waals surface area contributed by atoms with Crippen molar-refractivity contribution < 1.29 is 14.5 Å².